The number of benzene rings is 2. The van der Waals surface area contributed by atoms with Gasteiger partial charge in [-0.25, -0.2) is 8.78 Å². The molecule has 0 fully saturated rings. The lowest BCUT2D eigenvalue weighted by Gasteiger charge is -2.41. The smallest absolute Gasteiger partial charge is 0.321 e. The van der Waals surface area contributed by atoms with E-state index in [4.69, 9.17) is 21.7 Å². The van der Waals surface area contributed by atoms with Gasteiger partial charge in [0.15, 0.2) is 0 Å². The van der Waals surface area contributed by atoms with E-state index in [2.05, 4.69) is 10.6 Å². The molecule has 1 aromatic heterocycles. The maximum atomic E-state index is 15.0. The fourth-order valence-electron chi connectivity index (χ4n) is 5.80. The molecule has 54 heavy (non-hydrogen) atoms. The average molecular weight is 775 g/mol. The first-order valence-electron chi connectivity index (χ1n) is 17.1. The fourth-order valence-corrected chi connectivity index (χ4v) is 6.88. The van der Waals surface area contributed by atoms with E-state index in [1.54, 1.807) is 12.3 Å². The first kappa shape index (κ1) is 43.6. The fraction of sp³-hybridized carbons (Fsp3) is 0.432. The normalized spacial score (nSPS) is 13.7. The summed E-state index contributed by atoms with van der Waals surface area (Å²) in [5.74, 6) is -5.93. The molecular formula is C37H48F2N6O8S. The van der Waals surface area contributed by atoms with Crippen LogP contribution in [0.4, 0.5) is 8.78 Å². The van der Waals surface area contributed by atoms with Crippen molar-refractivity contribution in [1.82, 2.24) is 20.1 Å². The quantitative estimate of drug-likeness (QED) is 0.0824. The number of aliphatic hydroxyl groups excluding tert-OH is 1. The number of carboxylic acids is 2. The Kier molecular flexibility index (Phi) is 16.1. The maximum absolute atomic E-state index is 15.0. The standard InChI is InChI=1S/C37H48F2N6O8S/c1-37(2,3)33(29-15-23(25-16-24(38)9-10-26(25)39)19-44(29)18-22-7-5-4-6-8-22)45(31(47)20-46)14-11-27(40)34(50)42-12-13-43-35(51)30(17-32(48)49)54-21-28(41)36(52)53/h4-10,15-16,19,27-28,30,33,46H,11-14,17-18,20-21,40-41H2,1-3H3,(H,42,50)(H,43,51)(H,48,49)(H,52,53)/t27-,28-,30?,33-/m0/s1. The Bertz CT molecular complexity index is 1770. The third-order valence-corrected chi connectivity index (χ3v) is 9.76. The molecule has 0 saturated carbocycles. The molecule has 4 atom stereocenters. The van der Waals surface area contributed by atoms with Crippen LogP contribution in [0.2, 0.25) is 0 Å². The van der Waals surface area contributed by atoms with Crippen LogP contribution in [0, 0.1) is 17.0 Å². The lowest BCUT2D eigenvalue weighted by atomic mass is 9.82. The Balaban J connectivity index is 1.77. The van der Waals surface area contributed by atoms with Gasteiger partial charge < -0.3 is 46.9 Å². The second-order valence-corrected chi connectivity index (χ2v) is 15.0. The van der Waals surface area contributed by atoms with Crippen molar-refractivity contribution in [3.63, 3.8) is 0 Å². The minimum Gasteiger partial charge on any atom is -0.481 e. The molecule has 3 rings (SSSR count). The summed E-state index contributed by atoms with van der Waals surface area (Å²) >= 11 is 0.792. The van der Waals surface area contributed by atoms with Crippen LogP contribution >= 0.6 is 11.8 Å². The van der Waals surface area contributed by atoms with Gasteiger partial charge in [-0.3, -0.25) is 24.0 Å². The van der Waals surface area contributed by atoms with Gasteiger partial charge in [-0.2, -0.15) is 0 Å². The van der Waals surface area contributed by atoms with Gasteiger partial charge in [0.1, 0.15) is 24.3 Å². The highest BCUT2D eigenvalue weighted by Gasteiger charge is 2.37. The third-order valence-electron chi connectivity index (χ3n) is 8.42. The Labute approximate surface area is 316 Å². The molecule has 0 aliphatic rings. The number of nitrogens with two attached hydrogens (primary N) is 2. The van der Waals surface area contributed by atoms with E-state index in [-0.39, 0.29) is 37.4 Å². The highest BCUT2D eigenvalue weighted by atomic mass is 32.2. The Morgan fingerprint density at radius 3 is 2.17 bits per heavy atom. The third kappa shape index (κ3) is 12.6. The number of nitrogens with zero attached hydrogens (tertiary/aromatic N) is 2. The highest BCUT2D eigenvalue weighted by molar-refractivity contribution is 8.00. The molecule has 1 unspecified atom stereocenters. The van der Waals surface area contributed by atoms with Crippen LogP contribution in [0.1, 0.15) is 50.9 Å². The number of rotatable bonds is 20. The topological polar surface area (TPSA) is 230 Å². The number of carbonyl (C=O) groups excluding carboxylic acids is 3. The summed E-state index contributed by atoms with van der Waals surface area (Å²) in [6.45, 7) is 4.91. The van der Waals surface area contributed by atoms with Crippen LogP contribution in [0.5, 0.6) is 0 Å². The number of carbonyl (C=O) groups is 5. The summed E-state index contributed by atoms with van der Waals surface area (Å²) in [6.07, 6.45) is 1.08. The molecule has 2 aromatic carbocycles. The number of nitrogens with one attached hydrogen (secondary N) is 2. The number of thioether (sulfide) groups is 1. The average Bonchev–Trinajstić information content (AvgIpc) is 3.51. The Morgan fingerprint density at radius 1 is 0.926 bits per heavy atom. The summed E-state index contributed by atoms with van der Waals surface area (Å²) in [5, 5.41) is 32.2. The zero-order valence-electron chi connectivity index (χ0n) is 30.3. The number of amides is 3. The number of aliphatic carboxylic acids is 2. The molecule has 0 spiro atoms. The molecule has 0 radical (unpaired) electrons. The lowest BCUT2D eigenvalue weighted by Crippen LogP contribution is -2.48. The Morgan fingerprint density at radius 2 is 1.57 bits per heavy atom. The summed E-state index contributed by atoms with van der Waals surface area (Å²) in [5.41, 5.74) is 12.9. The molecule has 9 N–H and O–H groups in total. The van der Waals surface area contributed by atoms with Crippen LogP contribution in [0.3, 0.4) is 0 Å². The monoisotopic (exact) mass is 774 g/mol. The van der Waals surface area contributed by atoms with Crippen molar-refractivity contribution in [1.29, 1.82) is 0 Å². The summed E-state index contributed by atoms with van der Waals surface area (Å²) in [6, 6.07) is 11.1. The van der Waals surface area contributed by atoms with Crippen molar-refractivity contribution >= 4 is 41.4 Å². The van der Waals surface area contributed by atoms with Gasteiger partial charge >= 0.3 is 11.9 Å². The molecule has 3 aromatic rings. The van der Waals surface area contributed by atoms with Gasteiger partial charge in [-0.05, 0) is 41.7 Å². The first-order chi connectivity index (χ1) is 25.4. The summed E-state index contributed by atoms with van der Waals surface area (Å²) in [4.78, 5) is 62.6. The molecule has 0 bridgehead atoms. The molecule has 14 nitrogen and oxygen atoms in total. The number of aromatic nitrogens is 1. The molecule has 0 aliphatic heterocycles. The molecule has 294 valence electrons. The van der Waals surface area contributed by atoms with E-state index in [9.17, 15) is 33.5 Å². The van der Waals surface area contributed by atoms with Crippen molar-refractivity contribution in [3.05, 3.63) is 83.7 Å². The predicted octanol–water partition coefficient (Wildman–Crippen LogP) is 2.33. The van der Waals surface area contributed by atoms with Gasteiger partial charge in [0, 0.05) is 54.9 Å². The number of halogens is 2. The van der Waals surface area contributed by atoms with Crippen molar-refractivity contribution in [2.45, 2.75) is 63.5 Å². The molecular weight excluding hydrogens is 727 g/mol. The van der Waals surface area contributed by atoms with Crippen LogP contribution in [-0.2, 0) is 30.5 Å². The van der Waals surface area contributed by atoms with Crippen LogP contribution in [0.15, 0.2) is 60.8 Å². The van der Waals surface area contributed by atoms with Crippen LogP contribution < -0.4 is 22.1 Å². The van der Waals surface area contributed by atoms with Crippen LogP contribution in [0.25, 0.3) is 11.1 Å². The van der Waals surface area contributed by atoms with Gasteiger partial charge in [0.2, 0.25) is 17.7 Å². The second kappa shape index (κ2) is 20.0. The van der Waals surface area contributed by atoms with E-state index in [0.29, 0.717) is 17.8 Å². The number of aliphatic hydroxyl groups is 1. The van der Waals surface area contributed by atoms with Gasteiger partial charge in [-0.1, -0.05) is 51.1 Å². The van der Waals surface area contributed by atoms with Crippen molar-refractivity contribution in [2.75, 3.05) is 32.0 Å². The largest absolute Gasteiger partial charge is 0.481 e. The van der Waals surface area contributed by atoms with E-state index in [1.807, 2.05) is 55.7 Å². The number of carboxylic acid groups (broad SMARTS) is 2. The zero-order valence-corrected chi connectivity index (χ0v) is 31.2. The summed E-state index contributed by atoms with van der Waals surface area (Å²) in [7, 11) is 0. The minimum absolute atomic E-state index is 0.0317. The molecule has 1 heterocycles. The van der Waals surface area contributed by atoms with Gasteiger partial charge in [0.05, 0.1) is 23.8 Å². The minimum atomic E-state index is -1.29. The van der Waals surface area contributed by atoms with Crippen molar-refractivity contribution in [3.8, 4) is 11.1 Å². The van der Waals surface area contributed by atoms with Gasteiger partial charge in [-0.15, -0.1) is 11.8 Å². The molecule has 0 aliphatic carbocycles. The van der Waals surface area contributed by atoms with E-state index < -0.39 is 83.1 Å². The predicted molar refractivity (Wildman–Crippen MR) is 199 cm³/mol. The summed E-state index contributed by atoms with van der Waals surface area (Å²) < 4.78 is 31.1. The van der Waals surface area contributed by atoms with Crippen molar-refractivity contribution < 1.29 is 48.1 Å². The van der Waals surface area contributed by atoms with Gasteiger partial charge in [0.25, 0.3) is 0 Å². The Hall–Kier alpha value is -4.84. The molecule has 0 saturated heterocycles. The van der Waals surface area contributed by atoms with E-state index >= 15 is 4.39 Å². The number of hydrogen-bond acceptors (Lipinski definition) is 9. The lowest BCUT2D eigenvalue weighted by molar-refractivity contribution is -0.140. The van der Waals surface area contributed by atoms with E-state index in [1.165, 1.54) is 4.90 Å². The van der Waals surface area contributed by atoms with Crippen molar-refractivity contribution in [2.24, 2.45) is 16.9 Å². The maximum Gasteiger partial charge on any atom is 0.321 e. The second-order valence-electron chi connectivity index (χ2n) is 13.7. The number of hydrogen-bond donors (Lipinski definition) is 7. The van der Waals surface area contributed by atoms with E-state index in [0.717, 1.165) is 35.5 Å². The molecule has 17 heteroatoms. The first-order valence-corrected chi connectivity index (χ1v) is 18.2. The zero-order chi connectivity index (χ0) is 40.2. The SMILES string of the molecule is CC(C)(C)[C@H](c1cc(-c2cc(F)ccc2F)cn1Cc1ccccc1)N(CC[C@H](N)C(=O)NCCNC(=O)C(CC(=O)O)SC[C@H](N)C(=O)O)C(=O)CO. The highest BCUT2D eigenvalue weighted by Crippen LogP contribution is 2.41. The van der Waals surface area contributed by atoms with Crippen LogP contribution in [-0.4, -0.2) is 104 Å². The molecule has 3 amide bonds.